The number of hydrogen-bond donors (Lipinski definition) is 3. The summed E-state index contributed by atoms with van der Waals surface area (Å²) in [6, 6.07) is 6.73. The van der Waals surface area contributed by atoms with E-state index in [-0.39, 0.29) is 25.6 Å². The van der Waals surface area contributed by atoms with Crippen LogP contribution in [-0.2, 0) is 14.8 Å². The number of nitrogens with one attached hydrogen (secondary N) is 2. The average molecular weight is 287 g/mol. The third kappa shape index (κ3) is 7.27. The van der Waals surface area contributed by atoms with E-state index in [2.05, 4.69) is 10.0 Å². The van der Waals surface area contributed by atoms with Crippen LogP contribution >= 0.6 is 0 Å². The number of nitrogen functional groups attached to an aromatic ring is 1. The fourth-order valence-electron chi connectivity index (χ4n) is 1.24. The molecule has 1 aromatic rings. The van der Waals surface area contributed by atoms with Crippen LogP contribution in [0.4, 0.5) is 5.69 Å². The van der Waals surface area contributed by atoms with Crippen molar-refractivity contribution in [2.24, 2.45) is 0 Å². The van der Waals surface area contributed by atoms with E-state index in [1.807, 2.05) is 0 Å². The zero-order chi connectivity index (χ0) is 14.3. The number of amides is 1. The first kappa shape index (κ1) is 15.3. The lowest BCUT2D eigenvalue weighted by atomic mass is 10.3. The van der Waals surface area contributed by atoms with Gasteiger partial charge in [-0.05, 0) is 12.1 Å². The van der Waals surface area contributed by atoms with Crippen LogP contribution in [0, 0.1) is 0 Å². The minimum absolute atomic E-state index is 0.142. The fourth-order valence-corrected chi connectivity index (χ4v) is 1.72. The highest BCUT2D eigenvalue weighted by Gasteiger charge is 2.03. The van der Waals surface area contributed by atoms with Crippen molar-refractivity contribution in [1.29, 1.82) is 0 Å². The summed E-state index contributed by atoms with van der Waals surface area (Å²) in [7, 11) is -3.23. The van der Waals surface area contributed by atoms with Gasteiger partial charge in [-0.25, -0.2) is 13.1 Å². The van der Waals surface area contributed by atoms with Crippen molar-refractivity contribution in [1.82, 2.24) is 10.0 Å². The van der Waals surface area contributed by atoms with Gasteiger partial charge in [-0.3, -0.25) is 4.79 Å². The van der Waals surface area contributed by atoms with Crippen molar-refractivity contribution in [2.75, 3.05) is 31.7 Å². The van der Waals surface area contributed by atoms with Gasteiger partial charge in [-0.15, -0.1) is 0 Å². The number of ether oxygens (including phenoxy) is 1. The van der Waals surface area contributed by atoms with Gasteiger partial charge >= 0.3 is 0 Å². The Hall–Kier alpha value is -1.80. The number of hydrogen-bond acceptors (Lipinski definition) is 5. The van der Waals surface area contributed by atoms with Gasteiger partial charge in [0.25, 0.3) is 5.91 Å². The van der Waals surface area contributed by atoms with Crippen LogP contribution in [0.5, 0.6) is 5.75 Å². The first-order valence-electron chi connectivity index (χ1n) is 5.56. The summed E-state index contributed by atoms with van der Waals surface area (Å²) >= 11 is 0. The highest BCUT2D eigenvalue weighted by Crippen LogP contribution is 2.13. The number of carbonyl (C=O) groups excluding carboxylic acids is 1. The van der Waals surface area contributed by atoms with Gasteiger partial charge in [-0.2, -0.15) is 0 Å². The first-order chi connectivity index (χ1) is 8.87. The molecule has 4 N–H and O–H groups in total. The highest BCUT2D eigenvalue weighted by molar-refractivity contribution is 7.88. The third-order valence-corrected chi connectivity index (χ3v) is 2.77. The van der Waals surface area contributed by atoms with Gasteiger partial charge in [0.1, 0.15) is 5.75 Å². The van der Waals surface area contributed by atoms with Crippen LogP contribution in [0.15, 0.2) is 24.3 Å². The molecular weight excluding hydrogens is 270 g/mol. The van der Waals surface area contributed by atoms with Crippen LogP contribution in [0.25, 0.3) is 0 Å². The quantitative estimate of drug-likeness (QED) is 0.454. The molecule has 106 valence electrons. The van der Waals surface area contributed by atoms with E-state index < -0.39 is 10.0 Å². The highest BCUT2D eigenvalue weighted by atomic mass is 32.2. The van der Waals surface area contributed by atoms with Gasteiger partial charge in [0, 0.05) is 24.8 Å². The fraction of sp³-hybridized carbons (Fsp3) is 0.364. The number of benzene rings is 1. The Morgan fingerprint density at radius 3 is 2.74 bits per heavy atom. The van der Waals surface area contributed by atoms with Gasteiger partial charge in [-0.1, -0.05) is 6.07 Å². The Bertz CT molecular complexity index is 530. The molecule has 1 aromatic carbocycles. The Labute approximate surface area is 112 Å². The molecule has 1 amide bonds. The van der Waals surface area contributed by atoms with E-state index >= 15 is 0 Å². The predicted molar refractivity (Wildman–Crippen MR) is 72.2 cm³/mol. The minimum Gasteiger partial charge on any atom is -0.484 e. The molecule has 1 rings (SSSR count). The molecule has 0 aliphatic carbocycles. The second-order valence-corrected chi connectivity index (χ2v) is 5.71. The lowest BCUT2D eigenvalue weighted by Crippen LogP contribution is -2.36. The molecule has 0 aliphatic rings. The zero-order valence-electron chi connectivity index (χ0n) is 10.5. The summed E-state index contributed by atoms with van der Waals surface area (Å²) in [4.78, 5) is 11.4. The normalized spacial score (nSPS) is 11.0. The van der Waals surface area contributed by atoms with Crippen molar-refractivity contribution in [2.45, 2.75) is 0 Å². The van der Waals surface area contributed by atoms with Crippen LogP contribution in [0.1, 0.15) is 0 Å². The lowest BCUT2D eigenvalue weighted by Gasteiger charge is -2.08. The van der Waals surface area contributed by atoms with E-state index in [9.17, 15) is 13.2 Å². The molecule has 0 aliphatic heterocycles. The zero-order valence-corrected chi connectivity index (χ0v) is 11.4. The lowest BCUT2D eigenvalue weighted by molar-refractivity contribution is -0.123. The molecule has 0 radical (unpaired) electrons. The first-order valence-corrected chi connectivity index (χ1v) is 7.45. The molecule has 0 bridgehead atoms. The monoisotopic (exact) mass is 287 g/mol. The number of anilines is 1. The second-order valence-electron chi connectivity index (χ2n) is 3.88. The van der Waals surface area contributed by atoms with Crippen LogP contribution in [0.2, 0.25) is 0 Å². The summed E-state index contributed by atoms with van der Waals surface area (Å²) in [6.45, 7) is 0.192. The largest absolute Gasteiger partial charge is 0.484 e. The average Bonchev–Trinajstić information content (AvgIpc) is 2.31. The molecule has 0 atom stereocenters. The van der Waals surface area contributed by atoms with Crippen LogP contribution in [-0.4, -0.2) is 40.3 Å². The van der Waals surface area contributed by atoms with E-state index in [1.54, 1.807) is 24.3 Å². The Morgan fingerprint density at radius 1 is 1.37 bits per heavy atom. The van der Waals surface area contributed by atoms with Crippen molar-refractivity contribution in [3.05, 3.63) is 24.3 Å². The van der Waals surface area contributed by atoms with Gasteiger partial charge in [0.05, 0.1) is 6.26 Å². The number of sulfonamides is 1. The maximum absolute atomic E-state index is 11.4. The predicted octanol–water partition coefficient (Wildman–Crippen LogP) is -0.687. The Kier molecular flexibility index (Phi) is 5.58. The summed E-state index contributed by atoms with van der Waals surface area (Å²) in [5.74, 6) is 0.169. The maximum atomic E-state index is 11.4. The smallest absolute Gasteiger partial charge is 0.257 e. The summed E-state index contributed by atoms with van der Waals surface area (Å²) < 4.78 is 29.0. The number of carbonyl (C=O) groups is 1. The Morgan fingerprint density at radius 2 is 2.11 bits per heavy atom. The van der Waals surface area contributed by atoms with Gasteiger partial charge in [0.15, 0.2) is 6.61 Å². The molecule has 0 heterocycles. The van der Waals surface area contributed by atoms with Crippen LogP contribution < -0.4 is 20.5 Å². The van der Waals surface area contributed by atoms with Crippen molar-refractivity contribution < 1.29 is 17.9 Å². The molecule has 19 heavy (non-hydrogen) atoms. The molecular formula is C11H17N3O4S. The van der Waals surface area contributed by atoms with E-state index in [0.29, 0.717) is 11.4 Å². The van der Waals surface area contributed by atoms with Crippen molar-refractivity contribution in [3.8, 4) is 5.75 Å². The van der Waals surface area contributed by atoms with Crippen LogP contribution in [0.3, 0.4) is 0 Å². The topological polar surface area (TPSA) is 111 Å². The second kappa shape index (κ2) is 6.95. The SMILES string of the molecule is CS(=O)(=O)NCCNC(=O)COc1cccc(N)c1. The Balaban J connectivity index is 2.21. The number of nitrogens with two attached hydrogens (primary N) is 1. The summed E-state index contributed by atoms with van der Waals surface area (Å²) in [5, 5.41) is 2.52. The van der Waals surface area contributed by atoms with Crippen molar-refractivity contribution in [3.63, 3.8) is 0 Å². The minimum atomic E-state index is -3.23. The molecule has 0 saturated carbocycles. The number of rotatable bonds is 7. The summed E-state index contributed by atoms with van der Waals surface area (Å²) in [6.07, 6.45) is 1.05. The standard InChI is InChI=1S/C11H17N3O4S/c1-19(16,17)14-6-5-13-11(15)8-18-10-4-2-3-9(12)7-10/h2-4,7,14H,5-6,8,12H2,1H3,(H,13,15). The van der Waals surface area contributed by atoms with E-state index in [0.717, 1.165) is 6.26 Å². The van der Waals surface area contributed by atoms with Gasteiger partial charge in [0.2, 0.25) is 10.0 Å². The molecule has 0 spiro atoms. The molecule has 0 saturated heterocycles. The molecule has 0 unspecified atom stereocenters. The summed E-state index contributed by atoms with van der Waals surface area (Å²) in [5.41, 5.74) is 6.11. The maximum Gasteiger partial charge on any atom is 0.257 e. The van der Waals surface area contributed by atoms with Crippen molar-refractivity contribution >= 4 is 21.6 Å². The van der Waals surface area contributed by atoms with E-state index in [4.69, 9.17) is 10.5 Å². The molecule has 8 heteroatoms. The van der Waals surface area contributed by atoms with Gasteiger partial charge < -0.3 is 15.8 Å². The molecule has 0 aromatic heterocycles. The molecule has 0 fully saturated rings. The molecule has 7 nitrogen and oxygen atoms in total. The third-order valence-electron chi connectivity index (χ3n) is 2.04. The van der Waals surface area contributed by atoms with E-state index in [1.165, 1.54) is 0 Å².